The van der Waals surface area contributed by atoms with Crippen LogP contribution in [0.3, 0.4) is 0 Å². The highest BCUT2D eigenvalue weighted by Crippen LogP contribution is 2.34. The summed E-state index contributed by atoms with van der Waals surface area (Å²) in [6, 6.07) is 9.63. The summed E-state index contributed by atoms with van der Waals surface area (Å²) in [6.45, 7) is 0. The third kappa shape index (κ3) is 1.22. The van der Waals surface area contributed by atoms with Crippen molar-refractivity contribution in [2.75, 3.05) is 0 Å². The Morgan fingerprint density at radius 2 is 2.15 bits per heavy atom. The molecule has 0 amide bonds. The molecule has 0 radical (unpaired) electrons. The molecule has 1 N–H and O–H groups in total. The zero-order valence-corrected chi connectivity index (χ0v) is 7.33. The molecule has 2 heteroatoms. The highest BCUT2D eigenvalue weighted by atomic mass is 16.3. The van der Waals surface area contributed by atoms with E-state index in [1.54, 1.807) is 0 Å². The normalized spacial score (nSPS) is 26.2. The van der Waals surface area contributed by atoms with Gasteiger partial charge in [-0.25, -0.2) is 0 Å². The van der Waals surface area contributed by atoms with Gasteiger partial charge in [-0.2, -0.15) is 5.26 Å². The van der Waals surface area contributed by atoms with Crippen LogP contribution in [0.15, 0.2) is 24.3 Å². The Labute approximate surface area is 77.4 Å². The third-order valence-corrected chi connectivity index (χ3v) is 2.63. The van der Waals surface area contributed by atoms with E-state index < -0.39 is 5.60 Å². The fraction of sp³-hybridized carbons (Fsp3) is 0.364. The first-order valence-electron chi connectivity index (χ1n) is 4.48. The second-order valence-corrected chi connectivity index (χ2v) is 3.48. The number of hydrogen-bond donors (Lipinski definition) is 1. The first-order chi connectivity index (χ1) is 6.26. The highest BCUT2D eigenvalue weighted by Gasteiger charge is 2.33. The summed E-state index contributed by atoms with van der Waals surface area (Å²) < 4.78 is 0. The van der Waals surface area contributed by atoms with Crippen LogP contribution in [0, 0.1) is 11.3 Å². The van der Waals surface area contributed by atoms with E-state index in [9.17, 15) is 5.11 Å². The third-order valence-electron chi connectivity index (χ3n) is 2.63. The first kappa shape index (κ1) is 8.28. The predicted molar refractivity (Wildman–Crippen MR) is 48.9 cm³/mol. The van der Waals surface area contributed by atoms with Crippen molar-refractivity contribution in [1.82, 2.24) is 0 Å². The quantitative estimate of drug-likeness (QED) is 0.607. The second kappa shape index (κ2) is 2.86. The van der Waals surface area contributed by atoms with E-state index in [2.05, 4.69) is 0 Å². The van der Waals surface area contributed by atoms with Gasteiger partial charge in [-0.05, 0) is 24.8 Å². The molecule has 0 fully saturated rings. The molecule has 2 nitrogen and oxygen atoms in total. The number of benzene rings is 1. The average molecular weight is 173 g/mol. The Kier molecular flexibility index (Phi) is 1.82. The number of fused-ring (bicyclic) bond motifs is 1. The van der Waals surface area contributed by atoms with E-state index in [0.29, 0.717) is 6.42 Å². The lowest BCUT2D eigenvalue weighted by Crippen LogP contribution is -2.28. The van der Waals surface area contributed by atoms with Gasteiger partial charge in [0.1, 0.15) is 6.07 Å². The van der Waals surface area contributed by atoms with Crippen LogP contribution in [0.25, 0.3) is 0 Å². The number of nitrogens with zero attached hydrogens (tertiary/aromatic N) is 1. The van der Waals surface area contributed by atoms with Crippen LogP contribution in [0.1, 0.15) is 24.0 Å². The van der Waals surface area contributed by atoms with E-state index in [1.807, 2.05) is 30.3 Å². The molecule has 0 spiro atoms. The molecular formula is C11H11NO. The van der Waals surface area contributed by atoms with Crippen molar-refractivity contribution >= 4 is 0 Å². The van der Waals surface area contributed by atoms with Crippen molar-refractivity contribution in [3.8, 4) is 6.07 Å². The number of rotatable bonds is 0. The minimum atomic E-state index is -1.24. The molecule has 0 bridgehead atoms. The van der Waals surface area contributed by atoms with E-state index in [1.165, 1.54) is 0 Å². The van der Waals surface area contributed by atoms with E-state index >= 15 is 0 Å². The van der Waals surface area contributed by atoms with Gasteiger partial charge in [-0.1, -0.05) is 24.3 Å². The number of aryl methyl sites for hydroxylation is 1. The first-order valence-corrected chi connectivity index (χ1v) is 4.48. The lowest BCUT2D eigenvalue weighted by Gasteiger charge is -2.27. The molecule has 0 saturated carbocycles. The van der Waals surface area contributed by atoms with Crippen molar-refractivity contribution in [3.05, 3.63) is 35.4 Å². The van der Waals surface area contributed by atoms with Crippen LogP contribution in [-0.4, -0.2) is 5.11 Å². The largest absolute Gasteiger partial charge is 0.371 e. The van der Waals surface area contributed by atoms with Gasteiger partial charge < -0.3 is 5.11 Å². The van der Waals surface area contributed by atoms with Crippen molar-refractivity contribution in [2.24, 2.45) is 0 Å². The van der Waals surface area contributed by atoms with Crippen LogP contribution in [0.5, 0.6) is 0 Å². The van der Waals surface area contributed by atoms with E-state index in [0.717, 1.165) is 24.0 Å². The van der Waals surface area contributed by atoms with Gasteiger partial charge in [-0.3, -0.25) is 0 Å². The number of hydrogen-bond acceptors (Lipinski definition) is 2. The van der Waals surface area contributed by atoms with Crippen LogP contribution in [0.2, 0.25) is 0 Å². The Balaban J connectivity index is 2.56. The zero-order valence-electron chi connectivity index (χ0n) is 7.33. The molecule has 0 heterocycles. The minimum absolute atomic E-state index is 0.556. The summed E-state index contributed by atoms with van der Waals surface area (Å²) >= 11 is 0. The summed E-state index contributed by atoms with van der Waals surface area (Å²) in [5, 5.41) is 18.9. The molecular weight excluding hydrogens is 162 g/mol. The Hall–Kier alpha value is -1.33. The molecule has 1 aromatic rings. The minimum Gasteiger partial charge on any atom is -0.371 e. The number of aliphatic hydroxyl groups is 1. The maximum atomic E-state index is 9.97. The molecule has 66 valence electrons. The highest BCUT2D eigenvalue weighted by molar-refractivity contribution is 5.38. The molecule has 13 heavy (non-hydrogen) atoms. The van der Waals surface area contributed by atoms with Crippen LogP contribution < -0.4 is 0 Å². The summed E-state index contributed by atoms with van der Waals surface area (Å²) in [6.07, 6.45) is 2.42. The predicted octanol–water partition coefficient (Wildman–Crippen LogP) is 1.73. The van der Waals surface area contributed by atoms with Gasteiger partial charge >= 0.3 is 0 Å². The van der Waals surface area contributed by atoms with Gasteiger partial charge in [0, 0.05) is 5.56 Å². The Morgan fingerprint density at radius 1 is 1.38 bits per heavy atom. The zero-order chi connectivity index (χ0) is 9.31. The fourth-order valence-electron chi connectivity index (χ4n) is 1.93. The topological polar surface area (TPSA) is 44.0 Å². The lowest BCUT2D eigenvalue weighted by atomic mass is 9.80. The van der Waals surface area contributed by atoms with Gasteiger partial charge in [0.2, 0.25) is 0 Å². The fourth-order valence-corrected chi connectivity index (χ4v) is 1.93. The average Bonchev–Trinajstić information content (AvgIpc) is 2.19. The molecule has 1 atom stereocenters. The molecule has 0 saturated heterocycles. The molecule has 1 aliphatic carbocycles. The summed E-state index contributed by atoms with van der Waals surface area (Å²) in [5.41, 5.74) is 0.663. The van der Waals surface area contributed by atoms with Crippen molar-refractivity contribution in [3.63, 3.8) is 0 Å². The Bertz CT molecular complexity index is 367. The molecule has 2 rings (SSSR count). The number of nitriles is 1. The monoisotopic (exact) mass is 173 g/mol. The Morgan fingerprint density at radius 3 is 2.92 bits per heavy atom. The maximum Gasteiger partial charge on any atom is 0.176 e. The molecule has 0 unspecified atom stereocenters. The smallest absolute Gasteiger partial charge is 0.176 e. The maximum absolute atomic E-state index is 9.97. The SMILES string of the molecule is N#C[C@]1(O)CCCc2ccccc21. The summed E-state index contributed by atoms with van der Waals surface area (Å²) in [4.78, 5) is 0. The molecule has 0 aromatic heterocycles. The standard InChI is InChI=1S/C11H11NO/c12-8-11(13)7-3-5-9-4-1-2-6-10(9)11/h1-2,4,6,13H,3,5,7H2/t11-/m1/s1. The molecule has 0 aliphatic heterocycles. The van der Waals surface area contributed by atoms with Gasteiger partial charge in [0.15, 0.2) is 5.60 Å². The summed E-state index contributed by atoms with van der Waals surface area (Å²) in [7, 11) is 0. The van der Waals surface area contributed by atoms with Crippen molar-refractivity contribution in [2.45, 2.75) is 24.9 Å². The second-order valence-electron chi connectivity index (χ2n) is 3.48. The van der Waals surface area contributed by atoms with Crippen LogP contribution in [0.4, 0.5) is 0 Å². The van der Waals surface area contributed by atoms with Crippen molar-refractivity contribution < 1.29 is 5.11 Å². The molecule has 1 aromatic carbocycles. The van der Waals surface area contributed by atoms with Gasteiger partial charge in [-0.15, -0.1) is 0 Å². The van der Waals surface area contributed by atoms with E-state index in [4.69, 9.17) is 5.26 Å². The van der Waals surface area contributed by atoms with Gasteiger partial charge in [0.05, 0.1) is 0 Å². The molecule has 1 aliphatic rings. The van der Waals surface area contributed by atoms with Crippen LogP contribution in [-0.2, 0) is 12.0 Å². The van der Waals surface area contributed by atoms with Gasteiger partial charge in [0.25, 0.3) is 0 Å². The van der Waals surface area contributed by atoms with E-state index in [-0.39, 0.29) is 0 Å². The van der Waals surface area contributed by atoms with Crippen molar-refractivity contribution in [1.29, 1.82) is 5.26 Å². The lowest BCUT2D eigenvalue weighted by molar-refractivity contribution is 0.0781. The van der Waals surface area contributed by atoms with Crippen LogP contribution >= 0.6 is 0 Å². The summed E-state index contributed by atoms with van der Waals surface area (Å²) in [5.74, 6) is 0.